The van der Waals surface area contributed by atoms with Crippen molar-refractivity contribution in [2.24, 2.45) is 0 Å². The summed E-state index contributed by atoms with van der Waals surface area (Å²) in [5.74, 6) is 0. The molecule has 0 bridgehead atoms. The van der Waals surface area contributed by atoms with Crippen LogP contribution in [-0.2, 0) is 6.54 Å². The molecule has 2 N–H and O–H groups in total. The predicted molar refractivity (Wildman–Crippen MR) is 84.7 cm³/mol. The summed E-state index contributed by atoms with van der Waals surface area (Å²) < 4.78 is 0. The third-order valence-electron chi connectivity index (χ3n) is 3.50. The van der Waals surface area contributed by atoms with Crippen molar-refractivity contribution in [2.45, 2.75) is 6.54 Å². The minimum Gasteiger partial charge on any atom is -0.398 e. The summed E-state index contributed by atoms with van der Waals surface area (Å²) in [5.41, 5.74) is 9.25. The molecule has 0 aliphatic rings. The number of nitrogens with zero attached hydrogens (tertiary/aromatic N) is 2. The topological polar surface area (TPSA) is 42.1 Å². The van der Waals surface area contributed by atoms with Gasteiger partial charge < -0.3 is 10.6 Å². The van der Waals surface area contributed by atoms with Crippen LogP contribution in [0.15, 0.2) is 60.9 Å². The lowest BCUT2D eigenvalue weighted by atomic mass is 10.1. The van der Waals surface area contributed by atoms with Crippen LogP contribution in [0, 0.1) is 0 Å². The Labute approximate surface area is 118 Å². The molecule has 0 spiro atoms. The maximum Gasteiger partial charge on any atom is 0.0463 e. The molecule has 0 amide bonds. The van der Waals surface area contributed by atoms with Crippen LogP contribution >= 0.6 is 0 Å². The zero-order valence-corrected chi connectivity index (χ0v) is 11.5. The molecule has 0 aliphatic carbocycles. The first-order valence-corrected chi connectivity index (χ1v) is 6.63. The first-order chi connectivity index (χ1) is 9.75. The summed E-state index contributed by atoms with van der Waals surface area (Å²) in [6, 6.07) is 16.4. The molecule has 0 fully saturated rings. The second kappa shape index (κ2) is 5.21. The number of hydrogen-bond donors (Lipinski definition) is 1. The van der Waals surface area contributed by atoms with Crippen LogP contribution < -0.4 is 10.6 Å². The quantitative estimate of drug-likeness (QED) is 0.736. The fourth-order valence-corrected chi connectivity index (χ4v) is 2.47. The molecule has 1 heterocycles. The number of anilines is 2. The zero-order valence-electron chi connectivity index (χ0n) is 11.5. The summed E-state index contributed by atoms with van der Waals surface area (Å²) in [6.45, 7) is 0.856. The van der Waals surface area contributed by atoms with Gasteiger partial charge in [-0.3, -0.25) is 4.98 Å². The lowest BCUT2D eigenvalue weighted by Gasteiger charge is -2.21. The van der Waals surface area contributed by atoms with Gasteiger partial charge in [-0.05, 0) is 23.8 Å². The molecule has 0 aliphatic heterocycles. The summed E-state index contributed by atoms with van der Waals surface area (Å²) >= 11 is 0. The van der Waals surface area contributed by atoms with Crippen molar-refractivity contribution in [3.63, 3.8) is 0 Å². The van der Waals surface area contributed by atoms with Gasteiger partial charge >= 0.3 is 0 Å². The molecule has 1 aromatic heterocycles. The molecule has 20 heavy (non-hydrogen) atoms. The van der Waals surface area contributed by atoms with Crippen molar-refractivity contribution >= 4 is 22.1 Å². The number of rotatable bonds is 3. The van der Waals surface area contributed by atoms with Gasteiger partial charge in [0.25, 0.3) is 0 Å². The predicted octanol–water partition coefficient (Wildman–Crippen LogP) is 3.45. The zero-order chi connectivity index (χ0) is 13.9. The minimum absolute atomic E-state index is 0.791. The number of benzene rings is 2. The fourth-order valence-electron chi connectivity index (χ4n) is 2.47. The van der Waals surface area contributed by atoms with Gasteiger partial charge in [-0.25, -0.2) is 0 Å². The summed E-state index contributed by atoms with van der Waals surface area (Å²) in [6.07, 6.45) is 3.65. The Hall–Kier alpha value is -2.55. The number of hydrogen-bond acceptors (Lipinski definition) is 3. The van der Waals surface area contributed by atoms with E-state index in [-0.39, 0.29) is 0 Å². The molecule has 3 rings (SSSR count). The van der Waals surface area contributed by atoms with Crippen LogP contribution in [0.25, 0.3) is 10.8 Å². The molecule has 0 saturated carbocycles. The van der Waals surface area contributed by atoms with Gasteiger partial charge in [-0.1, -0.05) is 30.3 Å². The molecule has 3 heteroatoms. The van der Waals surface area contributed by atoms with Crippen LogP contribution in [0.4, 0.5) is 11.4 Å². The van der Waals surface area contributed by atoms with Gasteiger partial charge in [0.2, 0.25) is 0 Å². The Morgan fingerprint density at radius 1 is 1.00 bits per heavy atom. The molecular formula is C17H17N3. The molecule has 0 radical (unpaired) electrons. The van der Waals surface area contributed by atoms with E-state index in [1.54, 1.807) is 6.20 Å². The third-order valence-corrected chi connectivity index (χ3v) is 3.50. The molecule has 0 atom stereocenters. The molecule has 2 aromatic carbocycles. The Balaban J connectivity index is 2.00. The Morgan fingerprint density at radius 2 is 1.80 bits per heavy atom. The van der Waals surface area contributed by atoms with Crippen molar-refractivity contribution in [3.8, 4) is 0 Å². The van der Waals surface area contributed by atoms with Crippen molar-refractivity contribution in [1.82, 2.24) is 4.98 Å². The second-order valence-electron chi connectivity index (χ2n) is 4.94. The number of nitrogen functional groups attached to an aromatic ring is 1. The fraction of sp³-hybridized carbons (Fsp3) is 0.118. The van der Waals surface area contributed by atoms with E-state index >= 15 is 0 Å². The van der Waals surface area contributed by atoms with E-state index in [0.717, 1.165) is 28.7 Å². The van der Waals surface area contributed by atoms with Crippen LogP contribution in [0.5, 0.6) is 0 Å². The highest BCUT2D eigenvalue weighted by Gasteiger charge is 2.08. The highest BCUT2D eigenvalue weighted by Crippen LogP contribution is 2.30. The van der Waals surface area contributed by atoms with Gasteiger partial charge in [0.15, 0.2) is 0 Å². The summed E-state index contributed by atoms with van der Waals surface area (Å²) in [5, 5.41) is 2.14. The Kier molecular flexibility index (Phi) is 3.25. The highest BCUT2D eigenvalue weighted by atomic mass is 15.1. The van der Waals surface area contributed by atoms with E-state index in [1.807, 2.05) is 24.4 Å². The van der Waals surface area contributed by atoms with E-state index in [4.69, 9.17) is 5.73 Å². The van der Waals surface area contributed by atoms with Crippen molar-refractivity contribution < 1.29 is 0 Å². The average Bonchev–Trinajstić information content (AvgIpc) is 2.49. The van der Waals surface area contributed by atoms with Crippen LogP contribution in [0.2, 0.25) is 0 Å². The van der Waals surface area contributed by atoms with Gasteiger partial charge in [0.05, 0.1) is 0 Å². The molecule has 100 valence electrons. The van der Waals surface area contributed by atoms with E-state index in [2.05, 4.69) is 47.3 Å². The van der Waals surface area contributed by atoms with E-state index in [0.29, 0.717) is 0 Å². The van der Waals surface area contributed by atoms with Crippen LogP contribution in [-0.4, -0.2) is 12.0 Å². The van der Waals surface area contributed by atoms with Crippen molar-refractivity contribution in [3.05, 3.63) is 66.5 Å². The summed E-state index contributed by atoms with van der Waals surface area (Å²) in [7, 11) is 2.09. The Bertz CT molecular complexity index is 723. The second-order valence-corrected chi connectivity index (χ2v) is 4.94. The van der Waals surface area contributed by atoms with E-state index in [1.165, 1.54) is 5.56 Å². The molecule has 3 nitrogen and oxygen atoms in total. The normalized spacial score (nSPS) is 10.7. The smallest absolute Gasteiger partial charge is 0.0463 e. The monoisotopic (exact) mass is 263 g/mol. The average molecular weight is 263 g/mol. The number of pyridine rings is 1. The van der Waals surface area contributed by atoms with Crippen LogP contribution in [0.3, 0.4) is 0 Å². The van der Waals surface area contributed by atoms with Gasteiger partial charge in [0, 0.05) is 48.1 Å². The van der Waals surface area contributed by atoms with Crippen molar-refractivity contribution in [1.29, 1.82) is 0 Å². The largest absolute Gasteiger partial charge is 0.398 e. The lowest BCUT2D eigenvalue weighted by molar-refractivity contribution is 0.928. The number of nitrogens with two attached hydrogens (primary N) is 1. The Morgan fingerprint density at radius 3 is 2.60 bits per heavy atom. The molecular weight excluding hydrogens is 246 g/mol. The molecule has 0 unspecified atom stereocenters. The van der Waals surface area contributed by atoms with E-state index in [9.17, 15) is 0 Å². The van der Waals surface area contributed by atoms with Gasteiger partial charge in [0.1, 0.15) is 0 Å². The summed E-state index contributed by atoms with van der Waals surface area (Å²) in [4.78, 5) is 6.44. The highest BCUT2D eigenvalue weighted by molar-refractivity contribution is 6.00. The van der Waals surface area contributed by atoms with Gasteiger partial charge in [-0.2, -0.15) is 0 Å². The first-order valence-electron chi connectivity index (χ1n) is 6.63. The molecule has 0 saturated heterocycles. The molecule has 3 aromatic rings. The maximum atomic E-state index is 6.03. The SMILES string of the molecule is CN(Cc1ccccc1)c1ccc(N)c2ccncc12. The minimum atomic E-state index is 0.791. The number of aromatic nitrogens is 1. The standard InChI is InChI=1S/C17H17N3/c1-20(12-13-5-3-2-4-6-13)17-8-7-16(18)14-9-10-19-11-15(14)17/h2-11H,12,18H2,1H3. The maximum absolute atomic E-state index is 6.03. The first kappa shape index (κ1) is 12.5. The van der Waals surface area contributed by atoms with Crippen LogP contribution in [0.1, 0.15) is 5.56 Å². The third kappa shape index (κ3) is 2.30. The lowest BCUT2D eigenvalue weighted by Crippen LogP contribution is -2.16. The number of fused-ring (bicyclic) bond motifs is 1. The van der Waals surface area contributed by atoms with Gasteiger partial charge in [-0.15, -0.1) is 0 Å². The van der Waals surface area contributed by atoms with Crippen molar-refractivity contribution in [2.75, 3.05) is 17.7 Å². The van der Waals surface area contributed by atoms with E-state index < -0.39 is 0 Å².